The Morgan fingerprint density at radius 3 is 2.39 bits per heavy atom. The van der Waals surface area contributed by atoms with E-state index in [1.165, 1.54) is 0 Å². The number of methoxy groups -OCH3 is 1. The maximum atomic E-state index is 12.9. The molecule has 2 aromatic carbocycles. The largest absolute Gasteiger partial charge is 0.431 e. The van der Waals surface area contributed by atoms with E-state index in [-0.39, 0.29) is 17.7 Å². The van der Waals surface area contributed by atoms with E-state index in [4.69, 9.17) is 9.57 Å². The van der Waals surface area contributed by atoms with Crippen molar-refractivity contribution < 1.29 is 14.4 Å². The highest BCUT2D eigenvalue weighted by atomic mass is 16.8. The van der Waals surface area contributed by atoms with Gasteiger partial charge in [-0.05, 0) is 17.2 Å². The lowest BCUT2D eigenvalue weighted by atomic mass is 9.85. The lowest BCUT2D eigenvalue weighted by Gasteiger charge is -2.33. The summed E-state index contributed by atoms with van der Waals surface area (Å²) in [4.78, 5) is 20.4. The van der Waals surface area contributed by atoms with E-state index in [0.29, 0.717) is 13.0 Å². The van der Waals surface area contributed by atoms with Gasteiger partial charge in [0, 0.05) is 18.9 Å². The van der Waals surface area contributed by atoms with Gasteiger partial charge < -0.3 is 9.57 Å². The molecule has 1 amide bonds. The van der Waals surface area contributed by atoms with Gasteiger partial charge >= 0.3 is 6.09 Å². The van der Waals surface area contributed by atoms with Crippen molar-refractivity contribution in [1.29, 1.82) is 0 Å². The molecule has 0 N–H and O–H groups in total. The standard InChI is InChI=1S/C23H26N2O3/c1-22(2)17-23(15-14-18-10-6-4-7-11-18)24(16-19-12-8-5-9-13-19)21(26)28-25(23)20(22)27-3/h4-15,20H,16-17H2,1-3H3/b15-14+/t20-,23+/m1/s1. The Morgan fingerprint density at radius 2 is 1.75 bits per heavy atom. The van der Waals surface area contributed by atoms with Crippen molar-refractivity contribution >= 4 is 12.2 Å². The van der Waals surface area contributed by atoms with Crippen molar-refractivity contribution in [3.63, 3.8) is 0 Å². The average Bonchev–Trinajstić information content (AvgIpc) is 3.06. The van der Waals surface area contributed by atoms with Crippen LogP contribution in [0.5, 0.6) is 0 Å². The number of carbonyl (C=O) groups excluding carboxylic acids is 1. The van der Waals surface area contributed by atoms with Crippen LogP contribution in [0.1, 0.15) is 31.4 Å². The Kier molecular flexibility index (Phi) is 4.73. The van der Waals surface area contributed by atoms with E-state index in [1.54, 1.807) is 12.2 Å². The quantitative estimate of drug-likeness (QED) is 0.758. The maximum Gasteiger partial charge on any atom is 0.431 e. The van der Waals surface area contributed by atoms with Crippen molar-refractivity contribution in [2.45, 2.75) is 38.7 Å². The summed E-state index contributed by atoms with van der Waals surface area (Å²) >= 11 is 0. The minimum Gasteiger partial charge on any atom is -0.362 e. The molecule has 5 nitrogen and oxygen atoms in total. The predicted octanol–water partition coefficient (Wildman–Crippen LogP) is 4.67. The topological polar surface area (TPSA) is 42.0 Å². The van der Waals surface area contributed by atoms with Crippen molar-refractivity contribution in [3.05, 3.63) is 77.9 Å². The number of rotatable bonds is 5. The third kappa shape index (κ3) is 3.11. The summed E-state index contributed by atoms with van der Waals surface area (Å²) in [5, 5.41) is 1.73. The molecule has 5 heteroatoms. The van der Waals surface area contributed by atoms with E-state index in [0.717, 1.165) is 11.1 Å². The first-order valence-electron chi connectivity index (χ1n) is 9.56. The Hall–Kier alpha value is -2.63. The molecule has 2 aromatic rings. The first-order valence-corrected chi connectivity index (χ1v) is 9.56. The van der Waals surface area contributed by atoms with Crippen LogP contribution in [0.4, 0.5) is 4.79 Å². The summed E-state index contributed by atoms with van der Waals surface area (Å²) in [5.41, 5.74) is 1.25. The zero-order valence-electron chi connectivity index (χ0n) is 16.5. The first-order chi connectivity index (χ1) is 13.5. The van der Waals surface area contributed by atoms with E-state index >= 15 is 0 Å². The molecule has 0 aliphatic carbocycles. The fourth-order valence-corrected chi connectivity index (χ4v) is 4.39. The van der Waals surface area contributed by atoms with Gasteiger partial charge in [0.15, 0.2) is 11.9 Å². The summed E-state index contributed by atoms with van der Waals surface area (Å²) in [6.07, 6.45) is 4.18. The van der Waals surface area contributed by atoms with Crippen LogP contribution in [0.15, 0.2) is 66.7 Å². The Labute approximate surface area is 166 Å². The van der Waals surface area contributed by atoms with Crippen molar-refractivity contribution in [2.75, 3.05) is 7.11 Å². The van der Waals surface area contributed by atoms with Gasteiger partial charge in [0.25, 0.3) is 0 Å². The number of hydroxylamine groups is 2. The molecule has 4 rings (SSSR count). The summed E-state index contributed by atoms with van der Waals surface area (Å²) in [5.74, 6) is 0. The Morgan fingerprint density at radius 1 is 1.11 bits per heavy atom. The molecule has 2 aliphatic rings. The molecule has 2 heterocycles. The average molecular weight is 378 g/mol. The second-order valence-electron chi connectivity index (χ2n) is 8.13. The highest BCUT2D eigenvalue weighted by Gasteiger charge is 2.65. The van der Waals surface area contributed by atoms with E-state index in [2.05, 4.69) is 26.0 Å². The van der Waals surface area contributed by atoms with Crippen LogP contribution < -0.4 is 0 Å². The van der Waals surface area contributed by atoms with Crippen molar-refractivity contribution in [3.8, 4) is 0 Å². The van der Waals surface area contributed by atoms with Crippen LogP contribution in [0, 0.1) is 5.41 Å². The van der Waals surface area contributed by atoms with Crippen LogP contribution >= 0.6 is 0 Å². The molecule has 2 aliphatic heterocycles. The second-order valence-corrected chi connectivity index (χ2v) is 8.13. The monoisotopic (exact) mass is 378 g/mol. The molecule has 2 atom stereocenters. The number of hydrogen-bond donors (Lipinski definition) is 0. The van der Waals surface area contributed by atoms with Crippen LogP contribution in [-0.4, -0.2) is 35.1 Å². The van der Waals surface area contributed by atoms with Crippen LogP contribution in [0.3, 0.4) is 0 Å². The fraction of sp³-hybridized carbons (Fsp3) is 0.348. The molecular weight excluding hydrogens is 352 g/mol. The molecule has 0 bridgehead atoms. The first kappa shape index (κ1) is 18.7. The van der Waals surface area contributed by atoms with Gasteiger partial charge in [-0.2, -0.15) is 0 Å². The summed E-state index contributed by atoms with van der Waals surface area (Å²) in [6.45, 7) is 4.76. The molecule has 0 radical (unpaired) electrons. The molecule has 2 fully saturated rings. The van der Waals surface area contributed by atoms with Gasteiger partial charge in [-0.1, -0.05) is 85.7 Å². The second kappa shape index (κ2) is 7.08. The van der Waals surface area contributed by atoms with Gasteiger partial charge in [0.1, 0.15) is 0 Å². The number of nitrogens with zero attached hydrogens (tertiary/aromatic N) is 2. The fourth-order valence-electron chi connectivity index (χ4n) is 4.39. The smallest absolute Gasteiger partial charge is 0.362 e. The Bertz CT molecular complexity index is 866. The third-order valence-electron chi connectivity index (χ3n) is 5.59. The third-order valence-corrected chi connectivity index (χ3v) is 5.59. The van der Waals surface area contributed by atoms with Crippen LogP contribution in [-0.2, 0) is 16.1 Å². The number of benzene rings is 2. The minimum absolute atomic E-state index is 0.189. The van der Waals surface area contributed by atoms with Crippen molar-refractivity contribution in [1.82, 2.24) is 9.96 Å². The highest BCUT2D eigenvalue weighted by molar-refractivity contribution is 5.72. The molecule has 0 saturated carbocycles. The summed E-state index contributed by atoms with van der Waals surface area (Å²) in [6, 6.07) is 20.1. The lowest BCUT2D eigenvalue weighted by Crippen LogP contribution is -2.50. The number of ether oxygens (including phenoxy) is 1. The predicted molar refractivity (Wildman–Crippen MR) is 108 cm³/mol. The number of fused-ring (bicyclic) bond motifs is 1. The van der Waals surface area contributed by atoms with E-state index in [1.807, 2.05) is 65.6 Å². The number of carbonyl (C=O) groups is 1. The highest BCUT2D eigenvalue weighted by Crippen LogP contribution is 2.52. The molecule has 0 aromatic heterocycles. The molecule has 0 unspecified atom stereocenters. The van der Waals surface area contributed by atoms with Crippen LogP contribution in [0.25, 0.3) is 6.08 Å². The normalized spacial score (nSPS) is 26.6. The number of amides is 1. The molecule has 28 heavy (non-hydrogen) atoms. The zero-order valence-corrected chi connectivity index (χ0v) is 16.5. The lowest BCUT2D eigenvalue weighted by molar-refractivity contribution is -0.215. The molecule has 0 spiro atoms. The summed E-state index contributed by atoms with van der Waals surface area (Å²) in [7, 11) is 1.66. The number of hydrogen-bond acceptors (Lipinski definition) is 4. The summed E-state index contributed by atoms with van der Waals surface area (Å²) < 4.78 is 5.75. The van der Waals surface area contributed by atoms with Crippen LogP contribution in [0.2, 0.25) is 0 Å². The van der Waals surface area contributed by atoms with E-state index in [9.17, 15) is 4.79 Å². The van der Waals surface area contributed by atoms with Crippen molar-refractivity contribution in [2.24, 2.45) is 5.41 Å². The SMILES string of the molecule is CO[C@H]1N2OC(=O)N(Cc3ccccc3)[C@]2(/C=C/c2ccccc2)CC1(C)C. The van der Waals surface area contributed by atoms with Gasteiger partial charge in [0.2, 0.25) is 0 Å². The zero-order chi connectivity index (χ0) is 19.8. The van der Waals surface area contributed by atoms with Gasteiger partial charge in [-0.25, -0.2) is 4.79 Å². The maximum absolute atomic E-state index is 12.9. The molecule has 2 saturated heterocycles. The van der Waals surface area contributed by atoms with Gasteiger partial charge in [-0.3, -0.25) is 4.90 Å². The minimum atomic E-state index is -0.701. The Balaban J connectivity index is 1.76. The van der Waals surface area contributed by atoms with Gasteiger partial charge in [0.05, 0.1) is 6.54 Å². The van der Waals surface area contributed by atoms with Gasteiger partial charge in [-0.15, -0.1) is 0 Å². The van der Waals surface area contributed by atoms with E-state index < -0.39 is 5.66 Å². The molecule has 146 valence electrons. The molecular formula is C23H26N2O3.